The van der Waals surface area contributed by atoms with E-state index in [0.717, 1.165) is 13.1 Å². The van der Waals surface area contributed by atoms with E-state index in [2.05, 4.69) is 15.5 Å². The van der Waals surface area contributed by atoms with Crippen LogP contribution in [0.3, 0.4) is 0 Å². The molecule has 1 atom stereocenters. The van der Waals surface area contributed by atoms with Gasteiger partial charge in [0.05, 0.1) is 6.04 Å². The second-order valence-electron chi connectivity index (χ2n) is 5.00. The number of piperazine rings is 1. The Morgan fingerprint density at radius 3 is 2.48 bits per heavy atom. The molecule has 1 unspecified atom stereocenters. The first-order valence-corrected chi connectivity index (χ1v) is 6.57. The standard InChI is InChI=1S/C13H12F4N4O.ClH/c1-21-3-2-18-5-8(21)12-19-13(22-20-12)9-10(16)6(14)4-7(15)11(9)17;/h4,8,18H,2-3,5H2,1H3;1H. The summed E-state index contributed by atoms with van der Waals surface area (Å²) in [6.07, 6.45) is 0. The van der Waals surface area contributed by atoms with E-state index >= 15 is 0 Å². The van der Waals surface area contributed by atoms with Gasteiger partial charge in [0.25, 0.3) is 5.89 Å². The Morgan fingerprint density at radius 1 is 1.22 bits per heavy atom. The average molecular weight is 353 g/mol. The van der Waals surface area contributed by atoms with Crippen molar-refractivity contribution in [1.82, 2.24) is 20.4 Å². The molecular formula is C13H13ClF4N4O. The highest BCUT2D eigenvalue weighted by atomic mass is 35.5. The number of hydrogen-bond acceptors (Lipinski definition) is 5. The number of aromatic nitrogens is 2. The molecule has 1 aromatic heterocycles. The third-order valence-electron chi connectivity index (χ3n) is 3.58. The summed E-state index contributed by atoms with van der Waals surface area (Å²) in [6.45, 7) is 2.04. The third-order valence-corrected chi connectivity index (χ3v) is 3.58. The van der Waals surface area contributed by atoms with Crippen molar-refractivity contribution in [3.8, 4) is 11.5 Å². The smallest absolute Gasteiger partial charge is 0.264 e. The molecule has 1 aliphatic rings. The maximum Gasteiger partial charge on any atom is 0.264 e. The predicted octanol–water partition coefficient (Wildman–Crippen LogP) is 2.29. The Labute approximate surface area is 135 Å². The van der Waals surface area contributed by atoms with Gasteiger partial charge in [-0.05, 0) is 7.05 Å². The highest BCUT2D eigenvalue weighted by Gasteiger charge is 2.29. The molecule has 0 amide bonds. The molecule has 5 nitrogen and oxygen atoms in total. The van der Waals surface area contributed by atoms with Crippen molar-refractivity contribution in [2.45, 2.75) is 6.04 Å². The van der Waals surface area contributed by atoms with Gasteiger partial charge in [-0.2, -0.15) is 4.98 Å². The lowest BCUT2D eigenvalue weighted by atomic mass is 10.1. The zero-order valence-electron chi connectivity index (χ0n) is 11.9. The molecule has 10 heteroatoms. The Bertz CT molecular complexity index is 685. The minimum atomic E-state index is -1.57. The van der Waals surface area contributed by atoms with Gasteiger partial charge in [0.2, 0.25) is 0 Å². The molecule has 126 valence electrons. The van der Waals surface area contributed by atoms with Crippen molar-refractivity contribution in [3.05, 3.63) is 35.2 Å². The minimum absolute atomic E-state index is 0. The van der Waals surface area contributed by atoms with Gasteiger partial charge >= 0.3 is 0 Å². The Morgan fingerprint density at radius 2 is 1.87 bits per heavy atom. The largest absolute Gasteiger partial charge is 0.334 e. The molecule has 0 aliphatic carbocycles. The van der Waals surface area contributed by atoms with Gasteiger partial charge in [-0.1, -0.05) is 5.16 Å². The lowest BCUT2D eigenvalue weighted by Gasteiger charge is -2.30. The highest BCUT2D eigenvalue weighted by molar-refractivity contribution is 5.85. The van der Waals surface area contributed by atoms with Crippen LogP contribution in [-0.2, 0) is 0 Å². The number of nitrogens with one attached hydrogen (secondary N) is 1. The van der Waals surface area contributed by atoms with E-state index in [0.29, 0.717) is 6.54 Å². The number of nitrogens with zero attached hydrogens (tertiary/aromatic N) is 3. The Kier molecular flexibility index (Phi) is 5.23. The normalized spacial score (nSPS) is 18.7. The van der Waals surface area contributed by atoms with Gasteiger partial charge < -0.3 is 9.84 Å². The molecule has 1 saturated heterocycles. The molecule has 23 heavy (non-hydrogen) atoms. The van der Waals surface area contributed by atoms with Crippen LogP contribution < -0.4 is 5.32 Å². The molecule has 0 bridgehead atoms. The van der Waals surface area contributed by atoms with Crippen molar-refractivity contribution < 1.29 is 22.1 Å². The zero-order chi connectivity index (χ0) is 15.9. The molecule has 1 N–H and O–H groups in total. The fourth-order valence-corrected chi connectivity index (χ4v) is 2.33. The Balaban J connectivity index is 0.00000192. The molecule has 3 rings (SSSR count). The van der Waals surface area contributed by atoms with Gasteiger partial charge in [0.1, 0.15) is 5.56 Å². The van der Waals surface area contributed by atoms with Gasteiger partial charge in [0.15, 0.2) is 29.1 Å². The summed E-state index contributed by atoms with van der Waals surface area (Å²) >= 11 is 0. The van der Waals surface area contributed by atoms with Crippen molar-refractivity contribution in [2.75, 3.05) is 26.7 Å². The number of halogens is 5. The van der Waals surface area contributed by atoms with Crippen LogP contribution in [0.5, 0.6) is 0 Å². The SMILES string of the molecule is CN1CCNCC1c1noc(-c2c(F)c(F)cc(F)c2F)n1.Cl. The first kappa shape index (κ1) is 17.6. The maximum absolute atomic E-state index is 13.7. The van der Waals surface area contributed by atoms with Gasteiger partial charge in [0, 0.05) is 25.7 Å². The number of rotatable bonds is 2. The number of benzene rings is 1. The van der Waals surface area contributed by atoms with E-state index in [9.17, 15) is 17.6 Å². The second-order valence-corrected chi connectivity index (χ2v) is 5.00. The molecule has 2 heterocycles. The maximum atomic E-state index is 13.7. The van der Waals surface area contributed by atoms with Crippen LogP contribution in [0.4, 0.5) is 17.6 Å². The average Bonchev–Trinajstić information content (AvgIpc) is 2.95. The van der Waals surface area contributed by atoms with E-state index < -0.39 is 34.7 Å². The van der Waals surface area contributed by atoms with E-state index in [4.69, 9.17) is 4.52 Å². The van der Waals surface area contributed by atoms with Crippen LogP contribution in [0.15, 0.2) is 10.6 Å². The molecule has 0 spiro atoms. The topological polar surface area (TPSA) is 54.2 Å². The summed E-state index contributed by atoms with van der Waals surface area (Å²) in [7, 11) is 1.84. The van der Waals surface area contributed by atoms with Crippen molar-refractivity contribution in [1.29, 1.82) is 0 Å². The van der Waals surface area contributed by atoms with Crippen LogP contribution in [0, 0.1) is 23.3 Å². The molecule has 0 saturated carbocycles. The molecular weight excluding hydrogens is 340 g/mol. The second kappa shape index (κ2) is 6.81. The monoisotopic (exact) mass is 352 g/mol. The van der Waals surface area contributed by atoms with E-state index in [1.807, 2.05) is 11.9 Å². The first-order chi connectivity index (χ1) is 10.5. The molecule has 1 fully saturated rings. The zero-order valence-corrected chi connectivity index (χ0v) is 12.8. The molecule has 0 radical (unpaired) electrons. The third kappa shape index (κ3) is 3.17. The lowest BCUT2D eigenvalue weighted by molar-refractivity contribution is 0.190. The van der Waals surface area contributed by atoms with Crippen molar-refractivity contribution in [2.24, 2.45) is 0 Å². The van der Waals surface area contributed by atoms with E-state index in [1.165, 1.54) is 0 Å². The van der Waals surface area contributed by atoms with E-state index in [-0.39, 0.29) is 30.3 Å². The minimum Gasteiger partial charge on any atom is -0.334 e. The lowest BCUT2D eigenvalue weighted by Crippen LogP contribution is -2.44. The quantitative estimate of drug-likeness (QED) is 0.664. The summed E-state index contributed by atoms with van der Waals surface area (Å²) in [5.74, 6) is -6.58. The van der Waals surface area contributed by atoms with Crippen molar-refractivity contribution in [3.63, 3.8) is 0 Å². The number of likely N-dealkylation sites (N-methyl/N-ethyl adjacent to an activating group) is 1. The van der Waals surface area contributed by atoms with Gasteiger partial charge in [-0.3, -0.25) is 4.90 Å². The van der Waals surface area contributed by atoms with Gasteiger partial charge in [-0.25, -0.2) is 17.6 Å². The van der Waals surface area contributed by atoms with Crippen LogP contribution in [0.25, 0.3) is 11.5 Å². The van der Waals surface area contributed by atoms with E-state index in [1.54, 1.807) is 0 Å². The first-order valence-electron chi connectivity index (χ1n) is 6.57. The van der Waals surface area contributed by atoms with Crippen LogP contribution >= 0.6 is 12.4 Å². The van der Waals surface area contributed by atoms with Crippen LogP contribution in [0.2, 0.25) is 0 Å². The fourth-order valence-electron chi connectivity index (χ4n) is 2.33. The highest BCUT2D eigenvalue weighted by Crippen LogP contribution is 2.29. The summed E-state index contributed by atoms with van der Waals surface area (Å²) in [5.41, 5.74) is -0.998. The fraction of sp³-hybridized carbons (Fsp3) is 0.385. The van der Waals surface area contributed by atoms with Gasteiger partial charge in [-0.15, -0.1) is 12.4 Å². The van der Waals surface area contributed by atoms with Crippen LogP contribution in [-0.4, -0.2) is 41.7 Å². The molecule has 1 aromatic carbocycles. The molecule has 1 aliphatic heterocycles. The summed E-state index contributed by atoms with van der Waals surface area (Å²) < 4.78 is 58.7. The predicted molar refractivity (Wildman–Crippen MR) is 75.1 cm³/mol. The van der Waals surface area contributed by atoms with Crippen molar-refractivity contribution >= 4 is 12.4 Å². The Hall–Kier alpha value is -1.71. The number of hydrogen-bond donors (Lipinski definition) is 1. The summed E-state index contributed by atoms with van der Waals surface area (Å²) in [4.78, 5) is 5.82. The summed E-state index contributed by atoms with van der Waals surface area (Å²) in [5, 5.41) is 6.78. The summed E-state index contributed by atoms with van der Waals surface area (Å²) in [6, 6.07) is -0.125. The molecule has 2 aromatic rings. The van der Waals surface area contributed by atoms with Crippen LogP contribution in [0.1, 0.15) is 11.9 Å².